The van der Waals surface area contributed by atoms with Gasteiger partial charge in [0.15, 0.2) is 11.5 Å². The van der Waals surface area contributed by atoms with E-state index in [1.807, 2.05) is 0 Å². The van der Waals surface area contributed by atoms with Crippen LogP contribution in [0.4, 0.5) is 4.79 Å². The molecule has 0 N–H and O–H groups in total. The van der Waals surface area contributed by atoms with Gasteiger partial charge in [0.2, 0.25) is 0 Å². The third kappa shape index (κ3) is 6.91. The van der Waals surface area contributed by atoms with Gasteiger partial charge >= 0.3 is 5.97 Å². The number of amides is 2. The van der Waals surface area contributed by atoms with Crippen LogP contribution in [-0.2, 0) is 4.79 Å². The van der Waals surface area contributed by atoms with Gasteiger partial charge in [-0.1, -0.05) is 23.2 Å². The first-order valence-electron chi connectivity index (χ1n) is 11.3. The van der Waals surface area contributed by atoms with E-state index >= 15 is 0 Å². The first-order valence-corrected chi connectivity index (χ1v) is 13.7. The van der Waals surface area contributed by atoms with E-state index in [2.05, 4.69) is 15.9 Å². The van der Waals surface area contributed by atoms with Crippen LogP contribution in [0, 0.1) is 0 Å². The normalized spacial score (nSPS) is 14.2. The molecule has 1 aliphatic heterocycles. The molecular formula is C27H20BrCl2NO6S. The molecule has 0 aromatic heterocycles. The predicted octanol–water partition coefficient (Wildman–Crippen LogP) is 7.49. The van der Waals surface area contributed by atoms with Gasteiger partial charge in [0.05, 0.1) is 28.1 Å². The largest absolute Gasteiger partial charge is 0.492 e. The van der Waals surface area contributed by atoms with Gasteiger partial charge < -0.3 is 14.2 Å². The molecule has 0 aliphatic carbocycles. The molecule has 4 rings (SSSR count). The Kier molecular flexibility index (Phi) is 9.38. The number of imide groups is 1. The smallest absolute Gasteiger partial charge is 0.343 e. The van der Waals surface area contributed by atoms with Crippen LogP contribution in [0.25, 0.3) is 6.08 Å². The predicted molar refractivity (Wildman–Crippen MR) is 151 cm³/mol. The molecule has 0 atom stereocenters. The van der Waals surface area contributed by atoms with E-state index in [9.17, 15) is 14.4 Å². The summed E-state index contributed by atoms with van der Waals surface area (Å²) in [5.41, 5.74) is 0.899. The minimum Gasteiger partial charge on any atom is -0.492 e. The van der Waals surface area contributed by atoms with E-state index in [0.29, 0.717) is 43.8 Å². The highest BCUT2D eigenvalue weighted by molar-refractivity contribution is 9.10. The zero-order valence-electron chi connectivity index (χ0n) is 19.9. The molecule has 7 nitrogen and oxygen atoms in total. The standard InChI is InChI=1S/C27H20BrCl2NO6S/c1-2-35-22-14-16(13-21(28)24(22)37-26(33)17-3-5-18(29)6-4-17)15-23-25(32)31(27(34)38-23)11-12-36-20-9-7-19(30)8-10-20/h3-10,13-15H,2,11-12H2,1H3/b23-15-. The number of carbonyl (C=O) groups excluding carboxylic acids is 3. The van der Waals surface area contributed by atoms with Gasteiger partial charge in [0, 0.05) is 10.0 Å². The van der Waals surface area contributed by atoms with Crippen LogP contribution in [0.5, 0.6) is 17.2 Å². The number of hydrogen-bond acceptors (Lipinski definition) is 7. The Bertz CT molecular complexity index is 1400. The van der Waals surface area contributed by atoms with Gasteiger partial charge in [-0.3, -0.25) is 14.5 Å². The summed E-state index contributed by atoms with van der Waals surface area (Å²) in [4.78, 5) is 39.4. The summed E-state index contributed by atoms with van der Waals surface area (Å²) < 4.78 is 17.3. The fourth-order valence-electron chi connectivity index (χ4n) is 3.40. The average Bonchev–Trinajstić information content (AvgIpc) is 3.15. The number of benzene rings is 3. The number of thioether (sulfide) groups is 1. The van der Waals surface area contributed by atoms with Crippen molar-refractivity contribution in [3.63, 3.8) is 0 Å². The van der Waals surface area contributed by atoms with E-state index in [0.717, 1.165) is 16.7 Å². The Balaban J connectivity index is 1.48. The van der Waals surface area contributed by atoms with Crippen molar-refractivity contribution in [1.29, 1.82) is 0 Å². The maximum atomic E-state index is 12.9. The minimum atomic E-state index is -0.585. The average molecular weight is 637 g/mol. The summed E-state index contributed by atoms with van der Waals surface area (Å²) in [6, 6.07) is 16.4. The number of halogens is 3. The first-order chi connectivity index (χ1) is 18.2. The molecule has 0 spiro atoms. The molecule has 0 bridgehead atoms. The van der Waals surface area contributed by atoms with Gasteiger partial charge in [-0.25, -0.2) is 4.79 Å². The quantitative estimate of drug-likeness (QED) is 0.137. The molecule has 3 aromatic rings. The summed E-state index contributed by atoms with van der Waals surface area (Å²) in [5.74, 6) is 0.0644. The minimum absolute atomic E-state index is 0.0953. The van der Waals surface area contributed by atoms with E-state index in [1.54, 1.807) is 73.7 Å². The highest BCUT2D eigenvalue weighted by atomic mass is 79.9. The molecule has 0 saturated carbocycles. The monoisotopic (exact) mass is 635 g/mol. The van der Waals surface area contributed by atoms with E-state index < -0.39 is 17.1 Å². The van der Waals surface area contributed by atoms with Crippen molar-refractivity contribution in [2.75, 3.05) is 19.8 Å². The van der Waals surface area contributed by atoms with Crippen molar-refractivity contribution >= 4 is 74.1 Å². The number of nitrogens with zero attached hydrogens (tertiary/aromatic N) is 1. The number of esters is 1. The Hall–Kier alpha value is -2.98. The Morgan fingerprint density at radius 3 is 2.32 bits per heavy atom. The van der Waals surface area contributed by atoms with Crippen LogP contribution in [0.3, 0.4) is 0 Å². The third-order valence-electron chi connectivity index (χ3n) is 5.17. The van der Waals surface area contributed by atoms with Crippen LogP contribution in [0.1, 0.15) is 22.8 Å². The molecule has 1 aliphatic rings. The van der Waals surface area contributed by atoms with Crippen LogP contribution in [-0.4, -0.2) is 41.8 Å². The number of carbonyl (C=O) groups is 3. The fourth-order valence-corrected chi connectivity index (χ4v) is 5.06. The van der Waals surface area contributed by atoms with Crippen molar-refractivity contribution in [3.8, 4) is 17.2 Å². The van der Waals surface area contributed by atoms with Gasteiger partial charge in [-0.05, 0) is 107 Å². The summed E-state index contributed by atoms with van der Waals surface area (Å²) in [7, 11) is 0. The Morgan fingerprint density at radius 1 is 1.00 bits per heavy atom. The number of hydrogen-bond donors (Lipinski definition) is 0. The van der Waals surface area contributed by atoms with Crippen LogP contribution >= 0.6 is 50.9 Å². The van der Waals surface area contributed by atoms with Crippen LogP contribution in [0.2, 0.25) is 10.0 Å². The van der Waals surface area contributed by atoms with Crippen molar-refractivity contribution in [2.45, 2.75) is 6.92 Å². The van der Waals surface area contributed by atoms with E-state index in [4.69, 9.17) is 37.4 Å². The SMILES string of the molecule is CCOc1cc(/C=C2\SC(=O)N(CCOc3ccc(Cl)cc3)C2=O)cc(Br)c1OC(=O)c1ccc(Cl)cc1. The molecule has 0 radical (unpaired) electrons. The van der Waals surface area contributed by atoms with Gasteiger partial charge in [-0.2, -0.15) is 0 Å². The highest BCUT2D eigenvalue weighted by Gasteiger charge is 2.35. The van der Waals surface area contributed by atoms with Crippen molar-refractivity contribution in [2.24, 2.45) is 0 Å². The second-order valence-corrected chi connectivity index (χ2v) is 10.5. The summed E-state index contributed by atoms with van der Waals surface area (Å²) in [6.07, 6.45) is 1.59. The molecule has 1 heterocycles. The molecule has 1 fully saturated rings. The zero-order chi connectivity index (χ0) is 27.2. The van der Waals surface area contributed by atoms with Gasteiger partial charge in [-0.15, -0.1) is 0 Å². The van der Waals surface area contributed by atoms with Gasteiger partial charge in [0.1, 0.15) is 12.4 Å². The molecule has 1 saturated heterocycles. The molecular weight excluding hydrogens is 617 g/mol. The topological polar surface area (TPSA) is 82.1 Å². The number of rotatable bonds is 9. The second kappa shape index (κ2) is 12.7. The maximum absolute atomic E-state index is 12.9. The van der Waals surface area contributed by atoms with Crippen LogP contribution in [0.15, 0.2) is 70.0 Å². The van der Waals surface area contributed by atoms with Crippen molar-refractivity contribution in [1.82, 2.24) is 4.90 Å². The Morgan fingerprint density at radius 2 is 1.66 bits per heavy atom. The summed E-state index contributed by atoms with van der Waals surface area (Å²) in [5, 5.41) is 0.694. The lowest BCUT2D eigenvalue weighted by atomic mass is 10.1. The molecule has 0 unspecified atom stereocenters. The van der Waals surface area contributed by atoms with Crippen molar-refractivity contribution < 1.29 is 28.6 Å². The lowest BCUT2D eigenvalue weighted by Crippen LogP contribution is -2.32. The summed E-state index contributed by atoms with van der Waals surface area (Å²) in [6.45, 7) is 2.34. The fraction of sp³-hybridized carbons (Fsp3) is 0.148. The molecule has 3 aromatic carbocycles. The first kappa shape index (κ1) is 28.0. The molecule has 11 heteroatoms. The zero-order valence-corrected chi connectivity index (χ0v) is 23.8. The Labute approximate surface area is 241 Å². The summed E-state index contributed by atoms with van der Waals surface area (Å²) >= 11 is 16.0. The van der Waals surface area contributed by atoms with E-state index in [1.165, 1.54) is 0 Å². The lowest BCUT2D eigenvalue weighted by Gasteiger charge is -2.14. The highest BCUT2D eigenvalue weighted by Crippen LogP contribution is 2.39. The number of ether oxygens (including phenoxy) is 3. The molecule has 38 heavy (non-hydrogen) atoms. The maximum Gasteiger partial charge on any atom is 0.343 e. The molecule has 196 valence electrons. The third-order valence-corrected chi connectivity index (χ3v) is 7.18. The van der Waals surface area contributed by atoms with E-state index in [-0.39, 0.29) is 23.8 Å². The van der Waals surface area contributed by atoms with Crippen molar-refractivity contribution in [3.05, 3.63) is 91.2 Å². The van der Waals surface area contributed by atoms with Crippen LogP contribution < -0.4 is 14.2 Å². The second-order valence-electron chi connectivity index (χ2n) is 7.80. The molecule has 2 amide bonds. The lowest BCUT2D eigenvalue weighted by molar-refractivity contribution is -0.123. The van der Waals surface area contributed by atoms with Gasteiger partial charge in [0.25, 0.3) is 11.1 Å².